The minimum absolute atomic E-state index is 0.261. The fourth-order valence-electron chi connectivity index (χ4n) is 2.41. The zero-order valence-electron chi connectivity index (χ0n) is 11.2. The predicted molar refractivity (Wildman–Crippen MR) is 68.4 cm³/mol. The van der Waals surface area contributed by atoms with Gasteiger partial charge in [-0.2, -0.15) is 5.10 Å². The average molecular weight is 223 g/mol. The molecule has 0 radical (unpaired) electrons. The van der Waals surface area contributed by atoms with Crippen LogP contribution >= 0.6 is 0 Å². The van der Waals surface area contributed by atoms with Gasteiger partial charge >= 0.3 is 0 Å². The van der Waals surface area contributed by atoms with Crippen molar-refractivity contribution in [3.63, 3.8) is 0 Å². The summed E-state index contributed by atoms with van der Waals surface area (Å²) < 4.78 is 1.95. The minimum Gasteiger partial charge on any atom is -0.327 e. The van der Waals surface area contributed by atoms with Crippen molar-refractivity contribution in [2.45, 2.75) is 53.0 Å². The summed E-state index contributed by atoms with van der Waals surface area (Å²) in [6.45, 7) is 8.63. The first-order valence-electron chi connectivity index (χ1n) is 6.25. The molecule has 1 aromatic heterocycles. The quantitative estimate of drug-likeness (QED) is 0.832. The molecule has 2 N–H and O–H groups in total. The van der Waals surface area contributed by atoms with Crippen molar-refractivity contribution in [1.82, 2.24) is 9.78 Å². The summed E-state index contributed by atoms with van der Waals surface area (Å²) in [5, 5.41) is 4.44. The van der Waals surface area contributed by atoms with E-state index in [0.717, 1.165) is 25.0 Å². The Balaban J connectivity index is 2.80. The molecule has 0 bridgehead atoms. The first kappa shape index (κ1) is 13.2. The van der Waals surface area contributed by atoms with Crippen LogP contribution in [0.1, 0.15) is 43.6 Å². The second-order valence-corrected chi connectivity index (χ2v) is 4.72. The zero-order chi connectivity index (χ0) is 12.3. The molecule has 3 nitrogen and oxygen atoms in total. The molecule has 1 rings (SSSR count). The lowest BCUT2D eigenvalue weighted by molar-refractivity contribution is 0.392. The van der Waals surface area contributed by atoms with Crippen molar-refractivity contribution in [3.05, 3.63) is 17.0 Å². The molecule has 1 aromatic rings. The molecular weight excluding hydrogens is 198 g/mol. The van der Waals surface area contributed by atoms with E-state index in [-0.39, 0.29) is 6.04 Å². The maximum absolute atomic E-state index is 6.28. The van der Waals surface area contributed by atoms with Crippen LogP contribution in [0.4, 0.5) is 0 Å². The van der Waals surface area contributed by atoms with Crippen molar-refractivity contribution < 1.29 is 0 Å². The molecule has 0 spiro atoms. The van der Waals surface area contributed by atoms with Crippen LogP contribution < -0.4 is 5.73 Å². The maximum Gasteiger partial charge on any atom is 0.0628 e. The van der Waals surface area contributed by atoms with Gasteiger partial charge < -0.3 is 5.73 Å². The Morgan fingerprint density at radius 1 is 1.25 bits per heavy atom. The summed E-state index contributed by atoms with van der Waals surface area (Å²) in [5.74, 6) is 0.624. The number of nitrogens with zero attached hydrogens (tertiary/aromatic N) is 2. The summed E-state index contributed by atoms with van der Waals surface area (Å²) in [4.78, 5) is 0. The largest absolute Gasteiger partial charge is 0.327 e. The first-order chi connectivity index (χ1) is 7.51. The predicted octanol–water partition coefficient (Wildman–Crippen LogP) is 2.34. The molecule has 1 heterocycles. The van der Waals surface area contributed by atoms with E-state index in [1.165, 1.54) is 11.3 Å². The number of aromatic nitrogens is 2. The second-order valence-electron chi connectivity index (χ2n) is 4.72. The summed E-state index contributed by atoms with van der Waals surface area (Å²) in [6.07, 6.45) is 3.28. The Morgan fingerprint density at radius 2 is 1.81 bits per heavy atom. The van der Waals surface area contributed by atoms with Gasteiger partial charge in [0.1, 0.15) is 0 Å². The topological polar surface area (TPSA) is 43.8 Å². The number of rotatable bonds is 5. The van der Waals surface area contributed by atoms with E-state index in [0.29, 0.717) is 5.92 Å². The van der Waals surface area contributed by atoms with E-state index in [2.05, 4.69) is 32.8 Å². The van der Waals surface area contributed by atoms with E-state index in [1.807, 2.05) is 11.7 Å². The van der Waals surface area contributed by atoms with Crippen molar-refractivity contribution in [2.24, 2.45) is 18.7 Å². The van der Waals surface area contributed by atoms with Gasteiger partial charge in [-0.25, -0.2) is 0 Å². The fourth-order valence-corrected chi connectivity index (χ4v) is 2.41. The van der Waals surface area contributed by atoms with Gasteiger partial charge in [-0.05, 0) is 31.7 Å². The van der Waals surface area contributed by atoms with Gasteiger partial charge in [0, 0.05) is 18.8 Å². The van der Waals surface area contributed by atoms with Gasteiger partial charge in [0.15, 0.2) is 0 Å². The van der Waals surface area contributed by atoms with Crippen LogP contribution in [0.15, 0.2) is 0 Å². The lowest BCUT2D eigenvalue weighted by atomic mass is 9.89. The van der Waals surface area contributed by atoms with Gasteiger partial charge in [0.25, 0.3) is 0 Å². The number of aryl methyl sites for hydroxylation is 2. The van der Waals surface area contributed by atoms with Gasteiger partial charge in [-0.1, -0.05) is 26.7 Å². The van der Waals surface area contributed by atoms with Crippen LogP contribution in [0.2, 0.25) is 0 Å². The molecule has 0 aliphatic heterocycles. The van der Waals surface area contributed by atoms with Crippen molar-refractivity contribution in [2.75, 3.05) is 0 Å². The van der Waals surface area contributed by atoms with Crippen LogP contribution in [0.5, 0.6) is 0 Å². The van der Waals surface area contributed by atoms with E-state index in [1.54, 1.807) is 0 Å². The Labute approximate surface area is 99.0 Å². The Hall–Kier alpha value is -0.830. The molecule has 92 valence electrons. The van der Waals surface area contributed by atoms with Crippen molar-refractivity contribution in [3.8, 4) is 0 Å². The maximum atomic E-state index is 6.28. The molecule has 1 unspecified atom stereocenters. The molecule has 0 aromatic carbocycles. The highest BCUT2D eigenvalue weighted by Gasteiger charge is 2.18. The van der Waals surface area contributed by atoms with E-state index >= 15 is 0 Å². The van der Waals surface area contributed by atoms with E-state index in [9.17, 15) is 0 Å². The molecule has 0 saturated heterocycles. The minimum atomic E-state index is 0.261. The van der Waals surface area contributed by atoms with E-state index < -0.39 is 0 Å². The zero-order valence-corrected chi connectivity index (χ0v) is 11.2. The van der Waals surface area contributed by atoms with Gasteiger partial charge in [0.05, 0.1) is 5.69 Å². The van der Waals surface area contributed by atoms with Crippen LogP contribution in [0.3, 0.4) is 0 Å². The Bertz CT molecular complexity index is 337. The highest BCUT2D eigenvalue weighted by atomic mass is 15.3. The summed E-state index contributed by atoms with van der Waals surface area (Å²) in [6, 6.07) is 0.261. The van der Waals surface area contributed by atoms with Gasteiger partial charge in [-0.3, -0.25) is 4.68 Å². The highest BCUT2D eigenvalue weighted by Crippen LogP contribution is 2.19. The molecule has 16 heavy (non-hydrogen) atoms. The normalized spacial score (nSPS) is 13.4. The van der Waals surface area contributed by atoms with Gasteiger partial charge in [-0.15, -0.1) is 0 Å². The third-order valence-corrected chi connectivity index (χ3v) is 3.75. The molecule has 0 fully saturated rings. The standard InChI is InChI=1S/C13H25N3/c1-6-11(7-2)13(14)8-12-9(3)15-16(5)10(12)4/h11,13H,6-8,14H2,1-5H3. The smallest absolute Gasteiger partial charge is 0.0628 e. The number of nitrogens with two attached hydrogens (primary N) is 1. The Morgan fingerprint density at radius 3 is 2.19 bits per heavy atom. The van der Waals surface area contributed by atoms with E-state index in [4.69, 9.17) is 5.73 Å². The van der Waals surface area contributed by atoms with Crippen molar-refractivity contribution >= 4 is 0 Å². The summed E-state index contributed by atoms with van der Waals surface area (Å²) in [5.41, 5.74) is 9.99. The number of hydrogen-bond acceptors (Lipinski definition) is 2. The van der Waals surface area contributed by atoms with Crippen molar-refractivity contribution in [1.29, 1.82) is 0 Å². The molecule has 0 amide bonds. The van der Waals surface area contributed by atoms with Crippen LogP contribution in [0, 0.1) is 19.8 Å². The third kappa shape index (κ3) is 2.64. The molecule has 1 atom stereocenters. The van der Waals surface area contributed by atoms with Crippen LogP contribution in [-0.2, 0) is 13.5 Å². The molecule has 0 aliphatic carbocycles. The van der Waals surface area contributed by atoms with Gasteiger partial charge in [0.2, 0.25) is 0 Å². The highest BCUT2D eigenvalue weighted by molar-refractivity contribution is 5.25. The monoisotopic (exact) mass is 223 g/mol. The Kier molecular flexibility index (Phi) is 4.54. The lowest BCUT2D eigenvalue weighted by Gasteiger charge is -2.21. The number of hydrogen-bond donors (Lipinski definition) is 1. The lowest BCUT2D eigenvalue weighted by Crippen LogP contribution is -2.32. The van der Waals surface area contributed by atoms with Crippen LogP contribution in [0.25, 0.3) is 0 Å². The summed E-state index contributed by atoms with van der Waals surface area (Å²) in [7, 11) is 1.99. The third-order valence-electron chi connectivity index (χ3n) is 3.75. The fraction of sp³-hybridized carbons (Fsp3) is 0.769. The average Bonchev–Trinajstić information content (AvgIpc) is 2.47. The molecule has 0 saturated carbocycles. The summed E-state index contributed by atoms with van der Waals surface area (Å²) >= 11 is 0. The SMILES string of the molecule is CCC(CC)C(N)Cc1c(C)nn(C)c1C. The first-order valence-corrected chi connectivity index (χ1v) is 6.25. The molecule has 3 heteroatoms. The van der Waals surface area contributed by atoms with Crippen LogP contribution in [-0.4, -0.2) is 15.8 Å². The molecular formula is C13H25N3. The second kappa shape index (κ2) is 5.48. The molecule has 0 aliphatic rings.